The van der Waals surface area contributed by atoms with Crippen LogP contribution in [0.3, 0.4) is 0 Å². The summed E-state index contributed by atoms with van der Waals surface area (Å²) in [5, 5.41) is 22.1. The molecule has 2 fully saturated rings. The van der Waals surface area contributed by atoms with Gasteiger partial charge in [-0.15, -0.1) is 0 Å². The van der Waals surface area contributed by atoms with Crippen molar-refractivity contribution in [3.8, 4) is 11.5 Å². The lowest BCUT2D eigenvalue weighted by Crippen LogP contribution is -2.34. The van der Waals surface area contributed by atoms with Gasteiger partial charge in [-0.05, 0) is 86.8 Å². The normalized spacial score (nSPS) is 20.8. The molecule has 0 spiro atoms. The molecule has 2 aromatic carbocycles. The van der Waals surface area contributed by atoms with Gasteiger partial charge in [-0.3, -0.25) is 0 Å². The van der Waals surface area contributed by atoms with Crippen LogP contribution in [0.25, 0.3) is 0 Å². The largest absolute Gasteiger partial charge is 0.497 e. The number of methoxy groups -OCH3 is 2. The van der Waals surface area contributed by atoms with Gasteiger partial charge in [0.15, 0.2) is 12.6 Å². The summed E-state index contributed by atoms with van der Waals surface area (Å²) in [7, 11) is 3.28. The van der Waals surface area contributed by atoms with Crippen LogP contribution in [-0.4, -0.2) is 87.9 Å². The third kappa shape index (κ3) is 14.5. The van der Waals surface area contributed by atoms with E-state index in [4.69, 9.17) is 37.9 Å². The molecule has 10 nitrogen and oxygen atoms in total. The number of hydrogen-bond donors (Lipinski definition) is 2. The van der Waals surface area contributed by atoms with Gasteiger partial charge in [0.25, 0.3) is 0 Å². The zero-order valence-corrected chi connectivity index (χ0v) is 28.8. The van der Waals surface area contributed by atoms with Gasteiger partial charge >= 0.3 is 0 Å². The van der Waals surface area contributed by atoms with E-state index in [0.29, 0.717) is 65.3 Å². The van der Waals surface area contributed by atoms with E-state index in [-0.39, 0.29) is 24.8 Å². The zero-order chi connectivity index (χ0) is 34.0. The Kier molecular flexibility index (Phi) is 17.2. The molecule has 2 saturated heterocycles. The maximum Gasteiger partial charge on any atom is 0.158 e. The van der Waals surface area contributed by atoms with E-state index in [1.807, 2.05) is 48.5 Å². The second kappa shape index (κ2) is 21.5. The van der Waals surface area contributed by atoms with E-state index in [0.717, 1.165) is 66.7 Å². The Morgan fingerprint density at radius 3 is 1.46 bits per heavy atom. The van der Waals surface area contributed by atoms with Crippen molar-refractivity contribution in [2.45, 2.75) is 114 Å². The standard InChI is InChI=1S/C38H56O10/c1-28(20-31(39)22-35(47-37-8-4-6-18-45-37)26-43-24-29-10-14-33(41-2)15-11-29)21-32(40)23-36(48-38-9-5-7-19-46-38)27-44-25-30-12-16-34(42-3)17-13-30/h10-17,31-32,35-40H,1,4-9,18-27H2,2-3H3/t31-,32-,35-,36-,37?,38?/m1/s1. The van der Waals surface area contributed by atoms with Crippen LogP contribution in [0.2, 0.25) is 0 Å². The van der Waals surface area contributed by atoms with Crippen molar-refractivity contribution < 1.29 is 48.1 Å². The molecule has 2 aromatic rings. The molecule has 0 radical (unpaired) electrons. The van der Waals surface area contributed by atoms with Gasteiger partial charge in [0.2, 0.25) is 0 Å². The molecule has 268 valence electrons. The van der Waals surface area contributed by atoms with Gasteiger partial charge in [-0.1, -0.05) is 36.4 Å². The third-order valence-electron chi connectivity index (χ3n) is 8.55. The number of rotatable bonds is 22. The molecular formula is C38H56O10. The summed E-state index contributed by atoms with van der Waals surface area (Å²) in [5.74, 6) is 1.59. The Hall–Kier alpha value is -2.54. The van der Waals surface area contributed by atoms with E-state index in [1.165, 1.54) is 0 Å². The van der Waals surface area contributed by atoms with Crippen molar-refractivity contribution >= 4 is 0 Å². The van der Waals surface area contributed by atoms with Crippen molar-refractivity contribution in [3.63, 3.8) is 0 Å². The van der Waals surface area contributed by atoms with Crippen molar-refractivity contribution in [2.24, 2.45) is 0 Å². The Balaban J connectivity index is 1.24. The van der Waals surface area contributed by atoms with Crippen molar-refractivity contribution in [3.05, 3.63) is 71.8 Å². The number of aliphatic hydroxyl groups excluding tert-OH is 2. The maximum atomic E-state index is 11.1. The first-order valence-electron chi connectivity index (χ1n) is 17.4. The van der Waals surface area contributed by atoms with E-state index in [9.17, 15) is 10.2 Å². The summed E-state index contributed by atoms with van der Waals surface area (Å²) in [4.78, 5) is 0. The Morgan fingerprint density at radius 2 is 1.10 bits per heavy atom. The molecule has 2 aliphatic rings. The minimum Gasteiger partial charge on any atom is -0.497 e. The van der Waals surface area contributed by atoms with Crippen LogP contribution >= 0.6 is 0 Å². The van der Waals surface area contributed by atoms with Gasteiger partial charge in [-0.2, -0.15) is 0 Å². The first kappa shape index (κ1) is 38.3. The Labute approximate surface area is 286 Å². The molecule has 0 aliphatic carbocycles. The highest BCUT2D eigenvalue weighted by molar-refractivity contribution is 5.27. The second-order valence-electron chi connectivity index (χ2n) is 12.8. The smallest absolute Gasteiger partial charge is 0.158 e. The van der Waals surface area contributed by atoms with Crippen LogP contribution in [-0.2, 0) is 41.6 Å². The molecule has 2 aliphatic heterocycles. The molecule has 2 heterocycles. The lowest BCUT2D eigenvalue weighted by atomic mass is 9.97. The number of ether oxygens (including phenoxy) is 8. The Morgan fingerprint density at radius 1 is 0.688 bits per heavy atom. The number of hydrogen-bond acceptors (Lipinski definition) is 10. The molecule has 2 N–H and O–H groups in total. The van der Waals surface area contributed by atoms with Crippen molar-refractivity contribution in [1.29, 1.82) is 0 Å². The van der Waals surface area contributed by atoms with Crippen LogP contribution in [0.5, 0.6) is 11.5 Å². The lowest BCUT2D eigenvalue weighted by molar-refractivity contribution is -0.203. The van der Waals surface area contributed by atoms with Crippen LogP contribution in [0, 0.1) is 0 Å². The van der Waals surface area contributed by atoms with Gasteiger partial charge in [-0.25, -0.2) is 0 Å². The summed E-state index contributed by atoms with van der Waals surface area (Å²) >= 11 is 0. The molecule has 4 rings (SSSR count). The fraction of sp³-hybridized carbons (Fsp3) is 0.632. The summed E-state index contributed by atoms with van der Waals surface area (Å²) < 4.78 is 46.6. The molecule has 2 unspecified atom stereocenters. The van der Waals surface area contributed by atoms with Gasteiger partial charge < -0.3 is 48.1 Å². The van der Waals surface area contributed by atoms with Gasteiger partial charge in [0.05, 0.1) is 65.1 Å². The molecule has 0 bridgehead atoms. The first-order valence-corrected chi connectivity index (χ1v) is 17.4. The average Bonchev–Trinajstić information content (AvgIpc) is 3.09. The van der Waals surface area contributed by atoms with E-state index in [1.54, 1.807) is 14.2 Å². The molecule has 48 heavy (non-hydrogen) atoms. The summed E-state index contributed by atoms with van der Waals surface area (Å²) in [6.07, 6.45) is 4.46. The summed E-state index contributed by atoms with van der Waals surface area (Å²) in [5.41, 5.74) is 2.80. The lowest BCUT2D eigenvalue weighted by Gasteiger charge is -2.30. The maximum absolute atomic E-state index is 11.1. The van der Waals surface area contributed by atoms with E-state index < -0.39 is 12.2 Å². The Bertz CT molecular complexity index is 1060. The molecule has 6 atom stereocenters. The third-order valence-corrected chi connectivity index (χ3v) is 8.55. The highest BCUT2D eigenvalue weighted by Gasteiger charge is 2.25. The molecular weight excluding hydrogens is 616 g/mol. The fourth-order valence-electron chi connectivity index (χ4n) is 5.98. The van der Waals surface area contributed by atoms with Crippen molar-refractivity contribution in [1.82, 2.24) is 0 Å². The van der Waals surface area contributed by atoms with Crippen molar-refractivity contribution in [2.75, 3.05) is 40.6 Å². The highest BCUT2D eigenvalue weighted by Crippen LogP contribution is 2.24. The SMILES string of the molecule is C=C(C[C@@H](O)C[C@H](COCc1ccc(OC)cc1)OC1CCCCO1)C[C@@H](O)C[C@H](COCc1ccc(OC)cc1)OC1CCCCO1. The minimum absolute atomic E-state index is 0.303. The van der Waals surface area contributed by atoms with E-state index in [2.05, 4.69) is 6.58 Å². The topological polar surface area (TPSA) is 114 Å². The van der Waals surface area contributed by atoms with Gasteiger partial charge in [0.1, 0.15) is 11.5 Å². The predicted octanol–water partition coefficient (Wildman–Crippen LogP) is 6.10. The monoisotopic (exact) mass is 672 g/mol. The summed E-state index contributed by atoms with van der Waals surface area (Å²) in [6.45, 7) is 7.00. The molecule has 10 heteroatoms. The van der Waals surface area contributed by atoms with Gasteiger partial charge in [0, 0.05) is 26.1 Å². The van der Waals surface area contributed by atoms with E-state index >= 15 is 0 Å². The minimum atomic E-state index is -0.710. The highest BCUT2D eigenvalue weighted by atomic mass is 16.7. The predicted molar refractivity (Wildman–Crippen MR) is 182 cm³/mol. The quantitative estimate of drug-likeness (QED) is 0.142. The molecule has 0 aromatic heterocycles. The van der Waals surface area contributed by atoms with Crippen LogP contribution in [0.15, 0.2) is 60.7 Å². The number of benzene rings is 2. The fourth-order valence-corrected chi connectivity index (χ4v) is 5.98. The average molecular weight is 673 g/mol. The van der Waals surface area contributed by atoms with Crippen LogP contribution in [0.1, 0.15) is 75.3 Å². The molecule has 0 amide bonds. The summed E-state index contributed by atoms with van der Waals surface area (Å²) in [6, 6.07) is 15.5. The zero-order valence-electron chi connectivity index (χ0n) is 28.8. The second-order valence-corrected chi connectivity index (χ2v) is 12.8. The van der Waals surface area contributed by atoms with Crippen LogP contribution < -0.4 is 9.47 Å². The molecule has 0 saturated carbocycles. The number of aliphatic hydroxyl groups is 2. The first-order chi connectivity index (χ1) is 23.4. The van der Waals surface area contributed by atoms with Crippen LogP contribution in [0.4, 0.5) is 0 Å².